The van der Waals surface area contributed by atoms with E-state index in [9.17, 15) is 24.7 Å². The molecular formula is C20H16N8O6S2. The molecule has 184 valence electrons. The summed E-state index contributed by atoms with van der Waals surface area (Å²) < 4.78 is 6.76. The lowest BCUT2D eigenvalue weighted by molar-refractivity contribution is -0.689. The zero-order valence-electron chi connectivity index (χ0n) is 18.1. The highest BCUT2D eigenvalue weighted by Crippen LogP contribution is 2.40. The summed E-state index contributed by atoms with van der Waals surface area (Å²) in [6, 6.07) is 2.46. The van der Waals surface area contributed by atoms with Crippen molar-refractivity contribution in [2.45, 2.75) is 18.0 Å². The van der Waals surface area contributed by atoms with Gasteiger partial charge < -0.3 is 30.7 Å². The molecule has 5 rings (SSSR count). The molecule has 2 atom stereocenters. The number of nitrogens with zero attached hydrogens (tertiary/aromatic N) is 6. The summed E-state index contributed by atoms with van der Waals surface area (Å²) in [4.78, 5) is 46.5. The van der Waals surface area contributed by atoms with Gasteiger partial charge in [0.1, 0.15) is 17.1 Å². The zero-order chi connectivity index (χ0) is 25.4. The number of nitrogen functional groups attached to an aromatic ring is 1. The molecule has 0 unspecified atom stereocenters. The Kier molecular flexibility index (Phi) is 6.11. The van der Waals surface area contributed by atoms with Crippen molar-refractivity contribution in [3.05, 3.63) is 53.2 Å². The fourth-order valence-corrected chi connectivity index (χ4v) is 5.72. The number of fused-ring (bicyclic) bond motifs is 1. The maximum atomic E-state index is 12.9. The number of hydrogen-bond donors (Lipinski definition) is 3. The van der Waals surface area contributed by atoms with Crippen LogP contribution in [0.3, 0.4) is 0 Å². The van der Waals surface area contributed by atoms with E-state index >= 15 is 0 Å². The number of carboxylic acid groups (broad SMARTS) is 1. The topological polar surface area (TPSA) is 204 Å². The highest BCUT2D eigenvalue weighted by atomic mass is 32.2. The number of thioether (sulfide) groups is 1. The summed E-state index contributed by atoms with van der Waals surface area (Å²) in [6.45, 7) is 0.195. The molecular weight excluding hydrogens is 512 g/mol. The van der Waals surface area contributed by atoms with E-state index in [0.29, 0.717) is 17.0 Å². The van der Waals surface area contributed by atoms with Gasteiger partial charge in [0, 0.05) is 28.8 Å². The minimum atomic E-state index is -1.49. The number of amides is 2. The van der Waals surface area contributed by atoms with Crippen LogP contribution in [0.1, 0.15) is 5.69 Å². The minimum absolute atomic E-state index is 0.0529. The van der Waals surface area contributed by atoms with Crippen molar-refractivity contribution in [3.63, 3.8) is 0 Å². The van der Waals surface area contributed by atoms with E-state index in [0.717, 1.165) is 16.2 Å². The SMILES string of the molecule is Nc1nc(/C(=N/O)C(=O)N[C@@H]2C(=O)N3C(C(=O)[O-])=C(C[n+]4ccc(-c5ncno5)cc4)CS[C@H]23)cs1. The predicted octanol–water partition coefficient (Wildman–Crippen LogP) is -1.65. The summed E-state index contributed by atoms with van der Waals surface area (Å²) in [5.74, 6) is -2.33. The van der Waals surface area contributed by atoms with Gasteiger partial charge in [-0.2, -0.15) is 4.98 Å². The molecule has 2 aliphatic heterocycles. The van der Waals surface area contributed by atoms with Crippen LogP contribution in [0, 0.1) is 0 Å². The number of thiazole rings is 1. The number of aromatic nitrogens is 4. The maximum absolute atomic E-state index is 12.9. The Morgan fingerprint density at radius 1 is 1.39 bits per heavy atom. The van der Waals surface area contributed by atoms with E-state index in [4.69, 9.17) is 10.3 Å². The van der Waals surface area contributed by atoms with Crippen LogP contribution in [0.25, 0.3) is 11.5 Å². The number of oxime groups is 1. The van der Waals surface area contributed by atoms with Gasteiger partial charge in [-0.1, -0.05) is 10.3 Å². The third-order valence-corrected chi connectivity index (χ3v) is 7.49. The highest BCUT2D eigenvalue weighted by Gasteiger charge is 2.53. The van der Waals surface area contributed by atoms with Gasteiger partial charge in [-0.15, -0.1) is 23.1 Å². The second kappa shape index (κ2) is 9.38. The Labute approximate surface area is 210 Å². The van der Waals surface area contributed by atoms with E-state index in [1.54, 1.807) is 29.1 Å². The van der Waals surface area contributed by atoms with Crippen molar-refractivity contribution < 1.29 is 33.8 Å². The molecule has 4 N–H and O–H groups in total. The molecule has 0 saturated carbocycles. The summed E-state index contributed by atoms with van der Waals surface area (Å²) >= 11 is 2.35. The number of nitrogens with one attached hydrogen (secondary N) is 1. The van der Waals surface area contributed by atoms with E-state index < -0.39 is 34.9 Å². The van der Waals surface area contributed by atoms with Crippen LogP contribution in [0.15, 0.2) is 57.2 Å². The van der Waals surface area contributed by atoms with E-state index in [1.807, 2.05) is 0 Å². The lowest BCUT2D eigenvalue weighted by Crippen LogP contribution is -2.71. The van der Waals surface area contributed by atoms with Gasteiger partial charge in [0.15, 0.2) is 36.1 Å². The third kappa shape index (κ3) is 4.16. The second-order valence-electron chi connectivity index (χ2n) is 7.63. The second-order valence-corrected chi connectivity index (χ2v) is 9.62. The van der Waals surface area contributed by atoms with Crippen LogP contribution < -0.4 is 20.7 Å². The predicted molar refractivity (Wildman–Crippen MR) is 122 cm³/mol. The minimum Gasteiger partial charge on any atom is -0.543 e. The van der Waals surface area contributed by atoms with Gasteiger partial charge in [0.2, 0.25) is 0 Å². The van der Waals surface area contributed by atoms with Gasteiger partial charge in [-0.25, -0.2) is 9.55 Å². The molecule has 0 bridgehead atoms. The molecule has 16 heteroatoms. The first-order valence-electron chi connectivity index (χ1n) is 10.3. The quantitative estimate of drug-likeness (QED) is 0.104. The first-order valence-corrected chi connectivity index (χ1v) is 12.2. The molecule has 0 aromatic carbocycles. The molecule has 0 spiro atoms. The maximum Gasteiger partial charge on any atom is 0.276 e. The van der Waals surface area contributed by atoms with E-state index in [1.165, 1.54) is 23.5 Å². The monoisotopic (exact) mass is 528 g/mol. The molecule has 1 fully saturated rings. The summed E-state index contributed by atoms with van der Waals surface area (Å²) in [5.41, 5.74) is 6.14. The Morgan fingerprint density at radius 2 is 2.17 bits per heavy atom. The Morgan fingerprint density at radius 3 is 2.78 bits per heavy atom. The largest absolute Gasteiger partial charge is 0.543 e. The number of hydrogen-bond acceptors (Lipinski definition) is 13. The van der Waals surface area contributed by atoms with Crippen molar-refractivity contribution in [1.29, 1.82) is 0 Å². The van der Waals surface area contributed by atoms with Crippen LogP contribution >= 0.6 is 23.1 Å². The Balaban J connectivity index is 1.32. The number of anilines is 1. The molecule has 2 aliphatic rings. The number of β-lactam (4-membered cyclic amide) rings is 1. The number of carbonyl (C=O) groups excluding carboxylic acids is 3. The van der Waals surface area contributed by atoms with Crippen LogP contribution in [0.5, 0.6) is 0 Å². The molecule has 36 heavy (non-hydrogen) atoms. The van der Waals surface area contributed by atoms with E-state index in [2.05, 4.69) is 25.6 Å². The fourth-order valence-electron chi connectivity index (χ4n) is 3.84. The standard InChI is InChI=1S/C20H16N8O6S2/c21-20-24-11(7-36-20)12(26-33)15(29)25-13-17(30)28-14(19(31)32)10(6-35-18(13)28)5-27-3-1-9(2-4-27)16-22-8-23-34-16/h1-4,7-8,13,18H,5-6H2,(H4-,21,24,25,29,31,32,33)/t13-,18-/m1/s1. The van der Waals surface area contributed by atoms with Crippen molar-refractivity contribution in [2.24, 2.45) is 5.16 Å². The lowest BCUT2D eigenvalue weighted by atomic mass is 10.0. The molecule has 1 saturated heterocycles. The molecule has 5 heterocycles. The third-order valence-electron chi connectivity index (χ3n) is 5.48. The van der Waals surface area contributed by atoms with Crippen molar-refractivity contribution in [1.82, 2.24) is 25.3 Å². The van der Waals surface area contributed by atoms with Crippen LogP contribution in [0.4, 0.5) is 5.13 Å². The summed E-state index contributed by atoms with van der Waals surface area (Å²) in [5, 5.41) is 31.2. The Hall–Kier alpha value is -4.31. The van der Waals surface area contributed by atoms with E-state index in [-0.39, 0.29) is 28.8 Å². The number of carbonyl (C=O) groups is 3. The molecule has 0 radical (unpaired) electrons. The average molecular weight is 529 g/mol. The molecule has 2 amide bonds. The smallest absolute Gasteiger partial charge is 0.276 e. The number of pyridine rings is 1. The zero-order valence-corrected chi connectivity index (χ0v) is 19.7. The fraction of sp³-hybridized carbons (Fsp3) is 0.200. The lowest BCUT2D eigenvalue weighted by Gasteiger charge is -2.50. The van der Waals surface area contributed by atoms with Crippen molar-refractivity contribution >= 4 is 51.7 Å². The number of nitrogens with two attached hydrogens (primary N) is 1. The Bertz CT molecular complexity index is 1400. The molecule has 3 aromatic heterocycles. The first kappa shape index (κ1) is 23.4. The number of carboxylic acids is 1. The van der Waals surface area contributed by atoms with Crippen LogP contribution in [-0.4, -0.2) is 65.9 Å². The molecule has 14 nitrogen and oxygen atoms in total. The van der Waals surface area contributed by atoms with Gasteiger partial charge >= 0.3 is 0 Å². The number of aliphatic carboxylic acids is 1. The molecule has 3 aromatic rings. The highest BCUT2D eigenvalue weighted by molar-refractivity contribution is 8.00. The molecule has 0 aliphatic carbocycles. The number of rotatable bonds is 7. The summed E-state index contributed by atoms with van der Waals surface area (Å²) in [7, 11) is 0. The van der Waals surface area contributed by atoms with Crippen molar-refractivity contribution in [2.75, 3.05) is 11.5 Å². The first-order chi connectivity index (χ1) is 17.4. The van der Waals surface area contributed by atoms with Gasteiger partial charge in [0.25, 0.3) is 17.7 Å². The van der Waals surface area contributed by atoms with Gasteiger partial charge in [-0.3, -0.25) is 14.5 Å². The van der Waals surface area contributed by atoms with Crippen LogP contribution in [-0.2, 0) is 20.9 Å². The average Bonchev–Trinajstić information content (AvgIpc) is 3.55. The van der Waals surface area contributed by atoms with Crippen LogP contribution in [0.2, 0.25) is 0 Å². The van der Waals surface area contributed by atoms with Crippen molar-refractivity contribution in [3.8, 4) is 11.5 Å². The summed E-state index contributed by atoms with van der Waals surface area (Å²) in [6.07, 6.45) is 4.73. The van der Waals surface area contributed by atoms with Gasteiger partial charge in [0.05, 0.1) is 17.2 Å². The normalized spacial score (nSPS) is 19.6. The van der Waals surface area contributed by atoms with Gasteiger partial charge in [-0.05, 0) is 0 Å².